The Kier molecular flexibility index (Phi) is 8.09. The minimum absolute atomic E-state index is 0.0894. The topological polar surface area (TPSA) is 64.0 Å². The zero-order chi connectivity index (χ0) is 22.5. The Bertz CT molecular complexity index is 817. The molecule has 1 aromatic rings. The molecule has 2 aliphatic carbocycles. The standard InChI is InChI=1S/C26H38N2O3/c1-18-6-5-7-19(12-18)14-22(29)8-9-23-24-15-20(13-21(24)16-25(23)30)17-28(4)11-10-26(31)27(2)3/h5-9,12-13,21-25,29-30H,10-11,14-17H2,1-4H3/t21-,22+,23+,24-,25+/m0/s1. The normalized spacial score (nSPS) is 26.4. The van der Waals surface area contributed by atoms with Crippen molar-refractivity contribution in [3.8, 4) is 0 Å². The third-order valence-corrected chi connectivity index (χ3v) is 6.71. The number of carbonyl (C=O) groups excluding carboxylic acids is 1. The Morgan fingerprint density at radius 2 is 2.06 bits per heavy atom. The lowest BCUT2D eigenvalue weighted by atomic mass is 9.89. The van der Waals surface area contributed by atoms with E-state index in [0.717, 1.165) is 31.5 Å². The second kappa shape index (κ2) is 10.6. The summed E-state index contributed by atoms with van der Waals surface area (Å²) < 4.78 is 0. The maximum Gasteiger partial charge on any atom is 0.223 e. The summed E-state index contributed by atoms with van der Waals surface area (Å²) in [4.78, 5) is 15.7. The van der Waals surface area contributed by atoms with Crippen molar-refractivity contribution in [1.29, 1.82) is 0 Å². The Balaban J connectivity index is 1.51. The zero-order valence-corrected chi connectivity index (χ0v) is 19.4. The summed E-state index contributed by atoms with van der Waals surface area (Å²) in [5, 5.41) is 21.1. The Morgan fingerprint density at radius 3 is 2.77 bits per heavy atom. The molecule has 0 spiro atoms. The molecule has 1 fully saturated rings. The van der Waals surface area contributed by atoms with Gasteiger partial charge in [-0.25, -0.2) is 0 Å². The summed E-state index contributed by atoms with van der Waals surface area (Å²) >= 11 is 0. The first kappa shape index (κ1) is 23.7. The molecule has 0 aliphatic heterocycles. The van der Waals surface area contributed by atoms with Crippen molar-refractivity contribution in [3.05, 3.63) is 59.2 Å². The van der Waals surface area contributed by atoms with E-state index >= 15 is 0 Å². The fraction of sp³-hybridized carbons (Fsp3) is 0.577. The van der Waals surface area contributed by atoms with Gasteiger partial charge in [0.25, 0.3) is 0 Å². The SMILES string of the molecule is Cc1cccc(C[C@H](O)C=C[C@@H]2[C@H]3CC(CN(C)CCC(=O)N(C)C)=C[C@H]3C[C@H]2O)c1. The number of benzene rings is 1. The van der Waals surface area contributed by atoms with Crippen molar-refractivity contribution in [2.45, 2.75) is 44.8 Å². The minimum atomic E-state index is -0.540. The predicted molar refractivity (Wildman–Crippen MR) is 125 cm³/mol. The fourth-order valence-electron chi connectivity index (χ4n) is 5.06. The van der Waals surface area contributed by atoms with Crippen LogP contribution in [0.25, 0.3) is 0 Å². The van der Waals surface area contributed by atoms with E-state index in [2.05, 4.69) is 37.1 Å². The smallest absolute Gasteiger partial charge is 0.223 e. The lowest BCUT2D eigenvalue weighted by Crippen LogP contribution is -2.29. The van der Waals surface area contributed by atoms with Crippen LogP contribution in [-0.4, -0.2) is 72.4 Å². The van der Waals surface area contributed by atoms with Gasteiger partial charge in [-0.05, 0) is 44.2 Å². The van der Waals surface area contributed by atoms with E-state index in [4.69, 9.17) is 0 Å². The van der Waals surface area contributed by atoms with Gasteiger partial charge in [-0.3, -0.25) is 4.79 Å². The van der Waals surface area contributed by atoms with Gasteiger partial charge in [0.15, 0.2) is 0 Å². The molecule has 170 valence electrons. The number of aryl methyl sites for hydroxylation is 1. The summed E-state index contributed by atoms with van der Waals surface area (Å²) in [7, 11) is 5.64. The summed E-state index contributed by atoms with van der Waals surface area (Å²) in [5.41, 5.74) is 3.73. The van der Waals surface area contributed by atoms with Gasteiger partial charge in [0.1, 0.15) is 0 Å². The van der Waals surface area contributed by atoms with Crippen LogP contribution in [0.3, 0.4) is 0 Å². The largest absolute Gasteiger partial charge is 0.392 e. The van der Waals surface area contributed by atoms with Gasteiger partial charge in [0.05, 0.1) is 12.2 Å². The number of hydrogen-bond donors (Lipinski definition) is 2. The summed E-state index contributed by atoms with van der Waals surface area (Å²) in [5.74, 6) is 1.06. The first-order chi connectivity index (χ1) is 14.7. The molecule has 0 bridgehead atoms. The van der Waals surface area contributed by atoms with Crippen LogP contribution in [0, 0.1) is 24.7 Å². The zero-order valence-electron chi connectivity index (χ0n) is 19.4. The van der Waals surface area contributed by atoms with Crippen LogP contribution in [0.5, 0.6) is 0 Å². The second-order valence-electron chi connectivity index (χ2n) is 9.66. The average Bonchev–Trinajstić information content (AvgIpc) is 3.20. The third-order valence-electron chi connectivity index (χ3n) is 6.71. The molecule has 1 saturated carbocycles. The number of hydrogen-bond acceptors (Lipinski definition) is 4. The number of aliphatic hydroxyl groups excluding tert-OH is 2. The van der Waals surface area contributed by atoms with Crippen LogP contribution in [-0.2, 0) is 11.2 Å². The molecule has 3 rings (SSSR count). The second-order valence-corrected chi connectivity index (χ2v) is 9.66. The van der Waals surface area contributed by atoms with Crippen molar-refractivity contribution >= 4 is 5.91 Å². The minimum Gasteiger partial charge on any atom is -0.392 e. The third kappa shape index (κ3) is 6.52. The number of aliphatic hydroxyl groups is 2. The number of allylic oxidation sites excluding steroid dienone is 1. The Morgan fingerprint density at radius 1 is 1.29 bits per heavy atom. The van der Waals surface area contributed by atoms with Crippen molar-refractivity contribution in [3.63, 3.8) is 0 Å². The van der Waals surface area contributed by atoms with Crippen LogP contribution in [0.2, 0.25) is 0 Å². The summed E-state index contributed by atoms with van der Waals surface area (Å²) in [6, 6.07) is 8.22. The van der Waals surface area contributed by atoms with Crippen LogP contribution in [0.1, 0.15) is 30.4 Å². The molecule has 1 aromatic carbocycles. The Labute approximate surface area is 187 Å². The summed E-state index contributed by atoms with van der Waals surface area (Å²) in [6.07, 6.45) is 8.28. The lowest BCUT2D eigenvalue weighted by Gasteiger charge is -2.21. The molecule has 2 aliphatic rings. The van der Waals surface area contributed by atoms with E-state index in [1.165, 1.54) is 11.1 Å². The van der Waals surface area contributed by atoms with Crippen LogP contribution < -0.4 is 0 Å². The number of fused-ring (bicyclic) bond motifs is 1. The fourth-order valence-corrected chi connectivity index (χ4v) is 5.06. The molecule has 31 heavy (non-hydrogen) atoms. The number of rotatable bonds is 9. The molecule has 0 unspecified atom stereocenters. The lowest BCUT2D eigenvalue weighted by molar-refractivity contribution is -0.128. The van der Waals surface area contributed by atoms with E-state index in [9.17, 15) is 15.0 Å². The Hall–Kier alpha value is -1.95. The number of amides is 1. The van der Waals surface area contributed by atoms with Crippen molar-refractivity contribution < 1.29 is 15.0 Å². The van der Waals surface area contributed by atoms with Gasteiger partial charge >= 0.3 is 0 Å². The number of likely N-dealkylation sites (N-methyl/N-ethyl adjacent to an activating group) is 1. The maximum atomic E-state index is 11.8. The number of nitrogens with zero attached hydrogens (tertiary/aromatic N) is 2. The van der Waals surface area contributed by atoms with Gasteiger partial charge in [0.2, 0.25) is 5.91 Å². The van der Waals surface area contributed by atoms with Crippen LogP contribution >= 0.6 is 0 Å². The van der Waals surface area contributed by atoms with Gasteiger partial charge < -0.3 is 20.0 Å². The van der Waals surface area contributed by atoms with Gasteiger partial charge in [-0.15, -0.1) is 0 Å². The van der Waals surface area contributed by atoms with Crippen LogP contribution in [0.4, 0.5) is 0 Å². The highest BCUT2D eigenvalue weighted by molar-refractivity contribution is 5.75. The molecular formula is C26H38N2O3. The predicted octanol–water partition coefficient (Wildman–Crippen LogP) is 2.81. The summed E-state index contributed by atoms with van der Waals surface area (Å²) in [6.45, 7) is 3.68. The van der Waals surface area contributed by atoms with Gasteiger partial charge in [-0.1, -0.05) is 53.6 Å². The van der Waals surface area contributed by atoms with Crippen LogP contribution in [0.15, 0.2) is 48.1 Å². The molecule has 0 radical (unpaired) electrons. The number of carbonyl (C=O) groups is 1. The van der Waals surface area contributed by atoms with Crippen molar-refractivity contribution in [2.24, 2.45) is 17.8 Å². The molecule has 2 N–H and O–H groups in total. The molecule has 1 amide bonds. The molecule has 0 saturated heterocycles. The highest BCUT2D eigenvalue weighted by atomic mass is 16.3. The van der Waals surface area contributed by atoms with E-state index in [1.54, 1.807) is 19.0 Å². The van der Waals surface area contributed by atoms with E-state index in [1.807, 2.05) is 24.3 Å². The quantitative estimate of drug-likeness (QED) is 0.596. The molecule has 0 aromatic heterocycles. The van der Waals surface area contributed by atoms with E-state index in [-0.39, 0.29) is 17.9 Å². The molecule has 0 heterocycles. The molecule has 5 heteroatoms. The molecular weight excluding hydrogens is 388 g/mol. The molecule has 5 nitrogen and oxygen atoms in total. The van der Waals surface area contributed by atoms with E-state index in [0.29, 0.717) is 24.7 Å². The first-order valence-corrected chi connectivity index (χ1v) is 11.4. The van der Waals surface area contributed by atoms with Crippen molar-refractivity contribution in [1.82, 2.24) is 9.80 Å². The van der Waals surface area contributed by atoms with Crippen molar-refractivity contribution in [2.75, 3.05) is 34.2 Å². The highest BCUT2D eigenvalue weighted by Crippen LogP contribution is 2.47. The average molecular weight is 427 g/mol. The first-order valence-electron chi connectivity index (χ1n) is 11.4. The maximum absolute atomic E-state index is 11.8. The van der Waals surface area contributed by atoms with Gasteiger partial charge in [-0.2, -0.15) is 0 Å². The highest BCUT2D eigenvalue weighted by Gasteiger charge is 2.43. The van der Waals surface area contributed by atoms with Gasteiger partial charge in [0, 0.05) is 45.9 Å². The molecule has 5 atom stereocenters. The monoisotopic (exact) mass is 426 g/mol. The van der Waals surface area contributed by atoms with E-state index < -0.39 is 6.10 Å².